The summed E-state index contributed by atoms with van der Waals surface area (Å²) < 4.78 is 0. The van der Waals surface area contributed by atoms with Crippen LogP contribution in [0.3, 0.4) is 0 Å². The van der Waals surface area contributed by atoms with Crippen LogP contribution in [0.4, 0.5) is 0 Å². The first-order chi connectivity index (χ1) is 12.9. The maximum atomic E-state index is 13.1. The van der Waals surface area contributed by atoms with Crippen LogP contribution in [-0.4, -0.2) is 46.8 Å². The zero-order chi connectivity index (χ0) is 21.0. The van der Waals surface area contributed by atoms with Crippen molar-refractivity contribution in [2.45, 2.75) is 72.0 Å². The van der Waals surface area contributed by atoms with Gasteiger partial charge in [0.25, 0.3) is 0 Å². The third-order valence-electron chi connectivity index (χ3n) is 6.84. The lowest BCUT2D eigenvalue weighted by atomic mass is 9.91. The summed E-state index contributed by atoms with van der Waals surface area (Å²) in [6, 6.07) is 0.862. The van der Waals surface area contributed by atoms with Gasteiger partial charge in [0.2, 0.25) is 17.7 Å². The van der Waals surface area contributed by atoms with Gasteiger partial charge in [-0.05, 0) is 43.9 Å². The largest absolute Gasteiger partial charge is 0.351 e. The van der Waals surface area contributed by atoms with E-state index in [0.29, 0.717) is 25.3 Å². The van der Waals surface area contributed by atoms with Gasteiger partial charge in [0.1, 0.15) is 12.1 Å². The van der Waals surface area contributed by atoms with Gasteiger partial charge in [-0.25, -0.2) is 0 Å². The van der Waals surface area contributed by atoms with Crippen molar-refractivity contribution in [3.8, 4) is 6.07 Å². The molecule has 5 atom stereocenters. The molecule has 2 heterocycles. The summed E-state index contributed by atoms with van der Waals surface area (Å²) in [7, 11) is 0. The topological polar surface area (TPSA) is 102 Å². The van der Waals surface area contributed by atoms with Crippen LogP contribution in [0, 0.1) is 40.4 Å². The molecule has 7 heteroatoms. The molecule has 0 aromatic heterocycles. The normalized spacial score (nSPS) is 33.1. The Morgan fingerprint density at radius 3 is 2.46 bits per heavy atom. The highest BCUT2D eigenvalue weighted by Gasteiger charge is 2.69. The first-order valence-corrected chi connectivity index (χ1v) is 10.2. The van der Waals surface area contributed by atoms with Gasteiger partial charge in [0, 0.05) is 23.9 Å². The van der Waals surface area contributed by atoms with E-state index >= 15 is 0 Å². The van der Waals surface area contributed by atoms with Crippen LogP contribution in [0.5, 0.6) is 0 Å². The number of rotatable bonds is 5. The molecule has 154 valence electrons. The molecule has 0 bridgehead atoms. The Kier molecular flexibility index (Phi) is 4.97. The van der Waals surface area contributed by atoms with E-state index in [1.807, 2.05) is 27.7 Å². The third kappa shape index (κ3) is 3.49. The molecule has 0 spiro atoms. The zero-order valence-corrected chi connectivity index (χ0v) is 17.7. The molecule has 2 aliphatic heterocycles. The average Bonchev–Trinajstić information content (AvgIpc) is 2.90. The standard InChI is InChI=1S/C21H32N4O3/c1-11(2)19(28)25-10-14-15(21(14,5)6)16(25)18(27)23-13(9-22)7-12-8-20(3,4)24-17(12)26/h11-16H,7-8,10H2,1-6H3,(H,23,27)(H,24,26). The molecule has 3 rings (SSSR count). The maximum absolute atomic E-state index is 13.1. The van der Waals surface area contributed by atoms with E-state index in [1.54, 1.807) is 4.90 Å². The van der Waals surface area contributed by atoms with E-state index in [1.165, 1.54) is 0 Å². The average molecular weight is 389 g/mol. The summed E-state index contributed by atoms with van der Waals surface area (Å²) in [6.07, 6.45) is 0.929. The molecule has 0 radical (unpaired) electrons. The molecule has 5 unspecified atom stereocenters. The van der Waals surface area contributed by atoms with Crippen LogP contribution in [0.2, 0.25) is 0 Å². The number of nitrogens with one attached hydrogen (secondary N) is 2. The van der Waals surface area contributed by atoms with Crippen LogP contribution >= 0.6 is 0 Å². The van der Waals surface area contributed by atoms with Gasteiger partial charge in [0.05, 0.1) is 6.07 Å². The molecule has 0 aromatic rings. The predicted molar refractivity (Wildman–Crippen MR) is 104 cm³/mol. The van der Waals surface area contributed by atoms with Gasteiger partial charge in [-0.1, -0.05) is 27.7 Å². The highest BCUT2D eigenvalue weighted by Crippen LogP contribution is 2.65. The molecule has 3 aliphatic rings. The fourth-order valence-corrected chi connectivity index (χ4v) is 5.22. The van der Waals surface area contributed by atoms with E-state index in [2.05, 4.69) is 30.6 Å². The number of carbonyl (C=O) groups excluding carboxylic acids is 3. The Balaban J connectivity index is 1.70. The van der Waals surface area contributed by atoms with E-state index in [4.69, 9.17) is 0 Å². The van der Waals surface area contributed by atoms with Crippen LogP contribution in [0.25, 0.3) is 0 Å². The van der Waals surface area contributed by atoms with E-state index in [-0.39, 0.29) is 46.4 Å². The number of piperidine rings is 1. The maximum Gasteiger partial charge on any atom is 0.244 e. The number of amides is 3. The number of likely N-dealkylation sites (tertiary alicyclic amines) is 1. The Hall–Kier alpha value is -2.10. The first-order valence-electron chi connectivity index (χ1n) is 10.2. The molecular weight excluding hydrogens is 356 g/mol. The lowest BCUT2D eigenvalue weighted by Crippen LogP contribution is -2.53. The quantitative estimate of drug-likeness (QED) is 0.744. The molecule has 7 nitrogen and oxygen atoms in total. The Labute approximate surface area is 167 Å². The van der Waals surface area contributed by atoms with E-state index in [0.717, 1.165) is 0 Å². The molecule has 1 saturated carbocycles. The number of carbonyl (C=O) groups is 3. The fourth-order valence-electron chi connectivity index (χ4n) is 5.22. The van der Waals surface area contributed by atoms with Crippen molar-refractivity contribution < 1.29 is 14.4 Å². The van der Waals surface area contributed by atoms with Gasteiger partial charge >= 0.3 is 0 Å². The van der Waals surface area contributed by atoms with Crippen molar-refractivity contribution in [3.63, 3.8) is 0 Å². The molecule has 2 saturated heterocycles. The summed E-state index contributed by atoms with van der Waals surface area (Å²) in [5.74, 6) is -0.365. The Morgan fingerprint density at radius 1 is 1.32 bits per heavy atom. The van der Waals surface area contributed by atoms with Crippen LogP contribution in [0.1, 0.15) is 54.4 Å². The molecule has 2 N–H and O–H groups in total. The second-order valence-corrected chi connectivity index (χ2v) is 10.2. The molecule has 28 heavy (non-hydrogen) atoms. The number of hydrogen-bond donors (Lipinski definition) is 2. The lowest BCUT2D eigenvalue weighted by Gasteiger charge is -2.32. The lowest BCUT2D eigenvalue weighted by molar-refractivity contribution is -0.142. The Morgan fingerprint density at radius 2 is 1.96 bits per heavy atom. The minimum absolute atomic E-state index is 0.0198. The van der Waals surface area contributed by atoms with Crippen molar-refractivity contribution in [3.05, 3.63) is 0 Å². The minimum atomic E-state index is -0.742. The van der Waals surface area contributed by atoms with Crippen LogP contribution < -0.4 is 10.6 Å². The molecule has 1 aliphatic carbocycles. The number of nitrogens with zero attached hydrogens (tertiary/aromatic N) is 2. The molecule has 0 aromatic carbocycles. The Bertz CT molecular complexity index is 736. The fraction of sp³-hybridized carbons (Fsp3) is 0.810. The van der Waals surface area contributed by atoms with Crippen LogP contribution in [-0.2, 0) is 14.4 Å². The summed E-state index contributed by atoms with van der Waals surface area (Å²) in [5, 5.41) is 15.3. The highest BCUT2D eigenvalue weighted by molar-refractivity contribution is 5.90. The second-order valence-electron chi connectivity index (χ2n) is 10.2. The molecule has 3 fully saturated rings. The van der Waals surface area contributed by atoms with Crippen molar-refractivity contribution in [2.24, 2.45) is 29.1 Å². The number of fused-ring (bicyclic) bond motifs is 1. The van der Waals surface area contributed by atoms with Gasteiger partial charge < -0.3 is 15.5 Å². The summed E-state index contributed by atoms with van der Waals surface area (Å²) in [6.45, 7) is 12.4. The van der Waals surface area contributed by atoms with Crippen molar-refractivity contribution in [1.82, 2.24) is 15.5 Å². The van der Waals surface area contributed by atoms with E-state index < -0.39 is 12.1 Å². The second kappa shape index (κ2) is 6.75. The SMILES string of the molecule is CC(C)C(=O)N1CC2C(C1C(=O)NC(C#N)CC1CC(C)(C)NC1=O)C2(C)C. The number of nitriles is 1. The van der Waals surface area contributed by atoms with Gasteiger partial charge in [-0.3, -0.25) is 14.4 Å². The van der Waals surface area contributed by atoms with Crippen molar-refractivity contribution >= 4 is 17.7 Å². The summed E-state index contributed by atoms with van der Waals surface area (Å²) >= 11 is 0. The smallest absolute Gasteiger partial charge is 0.244 e. The third-order valence-corrected chi connectivity index (χ3v) is 6.84. The van der Waals surface area contributed by atoms with Crippen molar-refractivity contribution in [1.29, 1.82) is 5.26 Å². The van der Waals surface area contributed by atoms with Crippen LogP contribution in [0.15, 0.2) is 0 Å². The number of hydrogen-bond acceptors (Lipinski definition) is 4. The summed E-state index contributed by atoms with van der Waals surface area (Å²) in [4.78, 5) is 39.6. The van der Waals surface area contributed by atoms with Gasteiger partial charge in [-0.2, -0.15) is 5.26 Å². The monoisotopic (exact) mass is 388 g/mol. The van der Waals surface area contributed by atoms with Crippen molar-refractivity contribution in [2.75, 3.05) is 6.54 Å². The predicted octanol–water partition coefficient (Wildman–Crippen LogP) is 1.44. The summed E-state index contributed by atoms with van der Waals surface area (Å²) in [5.41, 5.74) is -0.254. The van der Waals surface area contributed by atoms with E-state index in [9.17, 15) is 19.6 Å². The van der Waals surface area contributed by atoms with Gasteiger partial charge in [-0.15, -0.1) is 0 Å². The highest BCUT2D eigenvalue weighted by atomic mass is 16.2. The minimum Gasteiger partial charge on any atom is -0.351 e. The molecule has 3 amide bonds. The molecular formula is C21H32N4O3. The zero-order valence-electron chi connectivity index (χ0n) is 17.7. The van der Waals surface area contributed by atoms with Gasteiger partial charge in [0.15, 0.2) is 0 Å². The first kappa shape index (κ1) is 20.6.